The second-order valence-electron chi connectivity index (χ2n) is 5.39. The average molecular weight is 312 g/mol. The number of nitrogens with two attached hydrogens (primary N) is 1. The van der Waals surface area contributed by atoms with Crippen LogP contribution in [0.2, 0.25) is 0 Å². The molecule has 2 aliphatic rings. The van der Waals surface area contributed by atoms with Crippen molar-refractivity contribution in [3.63, 3.8) is 0 Å². The zero-order valence-electron chi connectivity index (χ0n) is 12.0. The molecule has 8 nitrogen and oxygen atoms in total. The number of imide groups is 1. The van der Waals surface area contributed by atoms with Crippen LogP contribution in [0.4, 0.5) is 0 Å². The first kappa shape index (κ1) is 14.7. The minimum absolute atomic E-state index is 0.00817. The minimum Gasteiger partial charge on any atom is -0.366 e. The zero-order valence-corrected chi connectivity index (χ0v) is 12.0. The van der Waals surface area contributed by atoms with E-state index in [0.29, 0.717) is 5.56 Å². The molecule has 2 aliphatic heterocycles. The van der Waals surface area contributed by atoms with Crippen LogP contribution in [0.1, 0.15) is 44.7 Å². The monoisotopic (exact) mass is 312 g/mol. The Kier molecular flexibility index (Phi) is 3.33. The lowest BCUT2D eigenvalue weighted by atomic mass is 9.98. The van der Waals surface area contributed by atoms with Crippen LogP contribution in [-0.4, -0.2) is 34.6 Å². The predicted molar refractivity (Wildman–Crippen MR) is 75.7 cm³/mol. The molecule has 116 valence electrons. The maximum atomic E-state index is 12.6. The number of rotatable bonds is 2. The number of nitrogens with zero attached hydrogens (tertiary/aromatic N) is 2. The first-order chi connectivity index (χ1) is 10.9. The Morgan fingerprint density at radius 1 is 1.35 bits per heavy atom. The summed E-state index contributed by atoms with van der Waals surface area (Å²) in [7, 11) is 0. The number of hydrogen-bond donors (Lipinski definition) is 2. The summed E-state index contributed by atoms with van der Waals surface area (Å²) in [6.07, 6.45) is 0.336. The highest BCUT2D eigenvalue weighted by Crippen LogP contribution is 2.31. The molecular formula is C15H12N4O4. The van der Waals surface area contributed by atoms with Gasteiger partial charge >= 0.3 is 0 Å². The van der Waals surface area contributed by atoms with Crippen molar-refractivity contribution < 1.29 is 19.2 Å². The Morgan fingerprint density at radius 3 is 2.70 bits per heavy atom. The van der Waals surface area contributed by atoms with E-state index < -0.39 is 23.8 Å². The van der Waals surface area contributed by atoms with Crippen molar-refractivity contribution in [3.05, 3.63) is 34.4 Å². The summed E-state index contributed by atoms with van der Waals surface area (Å²) >= 11 is 0. The third-order valence-electron chi connectivity index (χ3n) is 4.09. The number of carbonyl (C=O) groups is 4. The van der Waals surface area contributed by atoms with Crippen molar-refractivity contribution in [2.75, 3.05) is 0 Å². The number of nitrogens with one attached hydrogen (secondary N) is 1. The Morgan fingerprint density at radius 2 is 2.09 bits per heavy atom. The van der Waals surface area contributed by atoms with Gasteiger partial charge in [-0.25, -0.2) is 0 Å². The summed E-state index contributed by atoms with van der Waals surface area (Å²) in [6, 6.07) is 3.88. The van der Waals surface area contributed by atoms with E-state index in [4.69, 9.17) is 5.73 Å². The van der Waals surface area contributed by atoms with Crippen LogP contribution in [0, 0.1) is 11.3 Å². The van der Waals surface area contributed by atoms with Crippen LogP contribution in [-0.2, 0) is 16.1 Å². The first-order valence-corrected chi connectivity index (χ1v) is 6.94. The molecule has 1 aromatic carbocycles. The van der Waals surface area contributed by atoms with E-state index in [-0.39, 0.29) is 42.0 Å². The Labute approximate surface area is 130 Å². The molecule has 0 spiro atoms. The smallest absolute Gasteiger partial charge is 0.256 e. The van der Waals surface area contributed by atoms with E-state index in [1.54, 1.807) is 0 Å². The van der Waals surface area contributed by atoms with Gasteiger partial charge in [0.25, 0.3) is 5.91 Å². The van der Waals surface area contributed by atoms with Gasteiger partial charge in [-0.2, -0.15) is 5.26 Å². The fraction of sp³-hybridized carbons (Fsp3) is 0.267. The molecule has 0 aliphatic carbocycles. The van der Waals surface area contributed by atoms with Crippen molar-refractivity contribution in [1.82, 2.24) is 10.2 Å². The molecule has 23 heavy (non-hydrogen) atoms. The second kappa shape index (κ2) is 5.21. The lowest BCUT2D eigenvalue weighted by molar-refractivity contribution is -0.136. The quantitative estimate of drug-likeness (QED) is 0.705. The first-order valence-electron chi connectivity index (χ1n) is 6.94. The van der Waals surface area contributed by atoms with E-state index in [1.807, 2.05) is 6.07 Å². The van der Waals surface area contributed by atoms with Gasteiger partial charge in [0.2, 0.25) is 17.7 Å². The number of piperidine rings is 1. The summed E-state index contributed by atoms with van der Waals surface area (Å²) in [6.45, 7) is 0.00817. The summed E-state index contributed by atoms with van der Waals surface area (Å²) in [5.74, 6) is -2.15. The topological polar surface area (TPSA) is 133 Å². The highest BCUT2D eigenvalue weighted by atomic mass is 16.2. The number of fused-ring (bicyclic) bond motifs is 1. The molecule has 1 unspecified atom stereocenters. The van der Waals surface area contributed by atoms with Crippen molar-refractivity contribution in [1.29, 1.82) is 5.26 Å². The van der Waals surface area contributed by atoms with Crippen LogP contribution >= 0.6 is 0 Å². The fourth-order valence-corrected chi connectivity index (χ4v) is 3.00. The van der Waals surface area contributed by atoms with Gasteiger partial charge in [-0.05, 0) is 24.1 Å². The van der Waals surface area contributed by atoms with Crippen LogP contribution in [0.3, 0.4) is 0 Å². The molecule has 2 heterocycles. The van der Waals surface area contributed by atoms with Crippen molar-refractivity contribution >= 4 is 23.6 Å². The Balaban J connectivity index is 2.03. The number of hydrogen-bond acceptors (Lipinski definition) is 5. The molecule has 0 radical (unpaired) electrons. The number of carbonyl (C=O) groups excluding carboxylic acids is 4. The van der Waals surface area contributed by atoms with E-state index in [2.05, 4.69) is 5.32 Å². The lowest BCUT2D eigenvalue weighted by Gasteiger charge is -2.29. The third kappa shape index (κ3) is 2.23. The molecule has 0 saturated carbocycles. The summed E-state index contributed by atoms with van der Waals surface area (Å²) in [4.78, 5) is 48.7. The number of benzene rings is 1. The molecule has 4 amide bonds. The third-order valence-corrected chi connectivity index (χ3v) is 4.09. The number of nitriles is 1. The standard InChI is InChI=1S/C15H12N4O4/c16-5-7-1-2-8(13(17)21)9-6-19(15(23)12(7)9)10-3-4-11(20)18-14(10)22/h1-2,10H,3-4,6H2,(H2,17,21)(H,18,20,22). The SMILES string of the molecule is N#Cc1ccc(C(N)=O)c2c1C(=O)N(C1CCC(=O)NC1=O)C2. The van der Waals surface area contributed by atoms with Gasteiger partial charge in [0.15, 0.2) is 0 Å². The van der Waals surface area contributed by atoms with Crippen LogP contribution in [0.5, 0.6) is 0 Å². The summed E-state index contributed by atoms with van der Waals surface area (Å²) < 4.78 is 0. The molecule has 0 bridgehead atoms. The minimum atomic E-state index is -0.806. The average Bonchev–Trinajstić information content (AvgIpc) is 2.84. The molecule has 3 N–H and O–H groups in total. The summed E-state index contributed by atoms with van der Waals surface area (Å²) in [5, 5.41) is 11.4. The molecule has 1 saturated heterocycles. The molecule has 1 fully saturated rings. The van der Waals surface area contributed by atoms with Crippen LogP contribution in [0.25, 0.3) is 0 Å². The van der Waals surface area contributed by atoms with Crippen LogP contribution in [0.15, 0.2) is 12.1 Å². The molecule has 3 rings (SSSR count). The van der Waals surface area contributed by atoms with Gasteiger partial charge < -0.3 is 10.6 Å². The normalized spacial score (nSPS) is 20.0. The van der Waals surface area contributed by atoms with Crippen molar-refractivity contribution in [2.45, 2.75) is 25.4 Å². The van der Waals surface area contributed by atoms with E-state index in [1.165, 1.54) is 17.0 Å². The maximum Gasteiger partial charge on any atom is 0.256 e. The maximum absolute atomic E-state index is 12.6. The molecule has 0 aromatic heterocycles. The van der Waals surface area contributed by atoms with Crippen LogP contribution < -0.4 is 11.1 Å². The van der Waals surface area contributed by atoms with E-state index >= 15 is 0 Å². The molecule has 1 aromatic rings. The Bertz CT molecular complexity index is 808. The largest absolute Gasteiger partial charge is 0.366 e. The predicted octanol–water partition coefficient (Wildman–Crippen LogP) is -0.582. The van der Waals surface area contributed by atoms with E-state index in [9.17, 15) is 24.4 Å². The van der Waals surface area contributed by atoms with E-state index in [0.717, 1.165) is 0 Å². The zero-order chi connectivity index (χ0) is 16.7. The van der Waals surface area contributed by atoms with Gasteiger partial charge in [0, 0.05) is 18.5 Å². The molecular weight excluding hydrogens is 300 g/mol. The van der Waals surface area contributed by atoms with Gasteiger partial charge in [0.05, 0.1) is 17.2 Å². The number of primary amides is 1. The lowest BCUT2D eigenvalue weighted by Crippen LogP contribution is -2.52. The summed E-state index contributed by atoms with van der Waals surface area (Å²) in [5.41, 5.74) is 6.06. The van der Waals surface area contributed by atoms with Crippen molar-refractivity contribution in [2.24, 2.45) is 5.73 Å². The van der Waals surface area contributed by atoms with Gasteiger partial charge in [0.1, 0.15) is 6.04 Å². The van der Waals surface area contributed by atoms with Gasteiger partial charge in [-0.3, -0.25) is 24.5 Å². The second-order valence-corrected chi connectivity index (χ2v) is 5.39. The molecule has 1 atom stereocenters. The van der Waals surface area contributed by atoms with Gasteiger partial charge in [-0.15, -0.1) is 0 Å². The van der Waals surface area contributed by atoms with Crippen molar-refractivity contribution in [3.8, 4) is 6.07 Å². The fourth-order valence-electron chi connectivity index (χ4n) is 3.00. The number of amides is 4. The molecule has 8 heteroatoms. The Hall–Kier alpha value is -3.21. The highest BCUT2D eigenvalue weighted by Gasteiger charge is 2.41. The highest BCUT2D eigenvalue weighted by molar-refractivity contribution is 6.08. The van der Waals surface area contributed by atoms with Gasteiger partial charge in [-0.1, -0.05) is 0 Å².